The van der Waals surface area contributed by atoms with E-state index in [1.807, 2.05) is 0 Å². The average molecular weight is 346 g/mol. The summed E-state index contributed by atoms with van der Waals surface area (Å²) in [5.74, 6) is 0. The second-order valence-corrected chi connectivity index (χ2v) is 5.96. The van der Waals surface area contributed by atoms with Gasteiger partial charge in [-0.3, -0.25) is 0 Å². The predicted octanol–water partition coefficient (Wildman–Crippen LogP) is 2.74. The summed E-state index contributed by atoms with van der Waals surface area (Å²) in [6.45, 7) is 3.54. The van der Waals surface area contributed by atoms with Gasteiger partial charge in [0.2, 0.25) is 0 Å². The standard InChI is InChI=1S/C11H11IN2OS/c12-8-1-2-9-10(7-8)16-11(13-9)14-3-5-15-6-4-14/h1-2,7H,3-6H2. The van der Waals surface area contributed by atoms with Crippen LogP contribution in [0, 0.1) is 3.57 Å². The van der Waals surface area contributed by atoms with Crippen molar-refractivity contribution in [2.75, 3.05) is 31.2 Å². The maximum absolute atomic E-state index is 5.35. The molecule has 16 heavy (non-hydrogen) atoms. The van der Waals surface area contributed by atoms with Crippen LogP contribution in [-0.2, 0) is 4.74 Å². The van der Waals surface area contributed by atoms with Crippen molar-refractivity contribution >= 4 is 49.3 Å². The number of aromatic nitrogens is 1. The molecule has 1 aliphatic rings. The van der Waals surface area contributed by atoms with Crippen LogP contribution in [0.25, 0.3) is 10.2 Å². The number of anilines is 1. The first-order chi connectivity index (χ1) is 7.83. The Kier molecular flexibility index (Phi) is 2.99. The van der Waals surface area contributed by atoms with E-state index in [9.17, 15) is 0 Å². The van der Waals surface area contributed by atoms with Crippen molar-refractivity contribution in [3.05, 3.63) is 21.8 Å². The van der Waals surface area contributed by atoms with Gasteiger partial charge in [0.1, 0.15) is 0 Å². The summed E-state index contributed by atoms with van der Waals surface area (Å²) in [5.41, 5.74) is 1.10. The molecule has 0 spiro atoms. The van der Waals surface area contributed by atoms with Gasteiger partial charge in [0.05, 0.1) is 23.4 Å². The van der Waals surface area contributed by atoms with E-state index in [1.54, 1.807) is 11.3 Å². The normalized spacial score (nSPS) is 16.9. The highest BCUT2D eigenvalue weighted by Gasteiger charge is 2.15. The second-order valence-electron chi connectivity index (χ2n) is 3.71. The lowest BCUT2D eigenvalue weighted by Crippen LogP contribution is -2.36. The fourth-order valence-electron chi connectivity index (χ4n) is 1.78. The van der Waals surface area contributed by atoms with Gasteiger partial charge in [0.25, 0.3) is 0 Å². The summed E-state index contributed by atoms with van der Waals surface area (Å²) >= 11 is 4.11. The van der Waals surface area contributed by atoms with Crippen molar-refractivity contribution in [1.82, 2.24) is 4.98 Å². The Balaban J connectivity index is 1.97. The Bertz CT molecular complexity index is 508. The van der Waals surface area contributed by atoms with Crippen molar-refractivity contribution < 1.29 is 4.74 Å². The van der Waals surface area contributed by atoms with Crippen LogP contribution in [-0.4, -0.2) is 31.3 Å². The topological polar surface area (TPSA) is 25.4 Å². The lowest BCUT2D eigenvalue weighted by atomic mass is 10.3. The van der Waals surface area contributed by atoms with Crippen LogP contribution in [0.2, 0.25) is 0 Å². The molecule has 3 nitrogen and oxygen atoms in total. The first-order valence-corrected chi connectivity index (χ1v) is 7.11. The lowest BCUT2D eigenvalue weighted by molar-refractivity contribution is 0.122. The molecule has 0 unspecified atom stereocenters. The second kappa shape index (κ2) is 4.46. The number of thiazole rings is 1. The third-order valence-corrected chi connectivity index (χ3v) is 4.37. The van der Waals surface area contributed by atoms with Crippen LogP contribution in [0.4, 0.5) is 5.13 Å². The molecule has 0 radical (unpaired) electrons. The molecule has 2 heterocycles. The number of benzene rings is 1. The first kappa shape index (κ1) is 10.7. The summed E-state index contributed by atoms with van der Waals surface area (Å²) < 4.78 is 7.89. The highest BCUT2D eigenvalue weighted by Crippen LogP contribution is 2.30. The maximum atomic E-state index is 5.35. The third kappa shape index (κ3) is 2.03. The number of hydrogen-bond donors (Lipinski definition) is 0. The van der Waals surface area contributed by atoms with E-state index in [4.69, 9.17) is 4.74 Å². The average Bonchev–Trinajstić information content (AvgIpc) is 2.73. The Labute approximate surface area is 112 Å². The Morgan fingerprint density at radius 3 is 2.94 bits per heavy atom. The molecule has 1 aromatic heterocycles. The van der Waals surface area contributed by atoms with E-state index >= 15 is 0 Å². The van der Waals surface area contributed by atoms with Gasteiger partial charge in [-0.1, -0.05) is 11.3 Å². The molecule has 1 aliphatic heterocycles. The van der Waals surface area contributed by atoms with Crippen molar-refractivity contribution in [1.29, 1.82) is 0 Å². The highest BCUT2D eigenvalue weighted by atomic mass is 127. The molecule has 1 aromatic carbocycles. The van der Waals surface area contributed by atoms with Crippen LogP contribution in [0.3, 0.4) is 0 Å². The van der Waals surface area contributed by atoms with Gasteiger partial charge < -0.3 is 9.64 Å². The number of fused-ring (bicyclic) bond motifs is 1. The SMILES string of the molecule is Ic1ccc2nc(N3CCOCC3)sc2c1. The van der Waals surface area contributed by atoms with Crippen LogP contribution >= 0.6 is 33.9 Å². The molecule has 5 heteroatoms. The smallest absolute Gasteiger partial charge is 0.186 e. The quantitative estimate of drug-likeness (QED) is 0.743. The Morgan fingerprint density at radius 1 is 1.31 bits per heavy atom. The number of ether oxygens (including phenoxy) is 1. The molecule has 0 N–H and O–H groups in total. The maximum Gasteiger partial charge on any atom is 0.186 e. The van der Waals surface area contributed by atoms with E-state index in [-0.39, 0.29) is 0 Å². The molecular formula is C11H11IN2OS. The third-order valence-electron chi connectivity index (χ3n) is 2.62. The number of nitrogens with zero attached hydrogens (tertiary/aromatic N) is 2. The Morgan fingerprint density at radius 2 is 2.12 bits per heavy atom. The molecule has 3 rings (SSSR count). The number of rotatable bonds is 1. The van der Waals surface area contributed by atoms with Gasteiger partial charge >= 0.3 is 0 Å². The fourth-order valence-corrected chi connectivity index (χ4v) is 3.54. The highest BCUT2D eigenvalue weighted by molar-refractivity contribution is 14.1. The molecule has 0 bridgehead atoms. The molecule has 1 saturated heterocycles. The van der Waals surface area contributed by atoms with Gasteiger partial charge in [0, 0.05) is 16.7 Å². The van der Waals surface area contributed by atoms with E-state index in [2.05, 4.69) is 50.7 Å². The molecular weight excluding hydrogens is 335 g/mol. The van der Waals surface area contributed by atoms with E-state index < -0.39 is 0 Å². The summed E-state index contributed by atoms with van der Waals surface area (Å²) in [6.07, 6.45) is 0. The molecule has 2 aromatic rings. The van der Waals surface area contributed by atoms with Crippen molar-refractivity contribution in [2.24, 2.45) is 0 Å². The predicted molar refractivity (Wildman–Crippen MR) is 75.4 cm³/mol. The zero-order chi connectivity index (χ0) is 11.0. The van der Waals surface area contributed by atoms with Crippen molar-refractivity contribution in [3.8, 4) is 0 Å². The summed E-state index contributed by atoms with van der Waals surface area (Å²) in [7, 11) is 0. The van der Waals surface area contributed by atoms with Crippen LogP contribution in [0.15, 0.2) is 18.2 Å². The van der Waals surface area contributed by atoms with Gasteiger partial charge in [-0.15, -0.1) is 0 Å². The molecule has 0 saturated carbocycles. The number of hydrogen-bond acceptors (Lipinski definition) is 4. The van der Waals surface area contributed by atoms with Gasteiger partial charge in [-0.2, -0.15) is 0 Å². The molecule has 0 atom stereocenters. The minimum absolute atomic E-state index is 0.813. The molecule has 84 valence electrons. The zero-order valence-corrected chi connectivity index (χ0v) is 11.6. The zero-order valence-electron chi connectivity index (χ0n) is 8.65. The minimum atomic E-state index is 0.813. The van der Waals surface area contributed by atoms with Gasteiger partial charge in [-0.25, -0.2) is 4.98 Å². The number of halogens is 1. The number of morpholine rings is 1. The van der Waals surface area contributed by atoms with Gasteiger partial charge in [0.15, 0.2) is 5.13 Å². The van der Waals surface area contributed by atoms with Gasteiger partial charge in [-0.05, 0) is 40.8 Å². The summed E-state index contributed by atoms with van der Waals surface area (Å²) in [6, 6.07) is 6.39. The Hall–Kier alpha value is -0.400. The fraction of sp³-hybridized carbons (Fsp3) is 0.364. The molecule has 1 fully saturated rings. The summed E-state index contributed by atoms with van der Waals surface area (Å²) in [5, 5.41) is 1.13. The summed E-state index contributed by atoms with van der Waals surface area (Å²) in [4.78, 5) is 6.97. The van der Waals surface area contributed by atoms with Crippen LogP contribution in [0.1, 0.15) is 0 Å². The molecule has 0 amide bonds. The minimum Gasteiger partial charge on any atom is -0.378 e. The van der Waals surface area contributed by atoms with E-state index in [0.717, 1.165) is 37.0 Å². The largest absolute Gasteiger partial charge is 0.378 e. The van der Waals surface area contributed by atoms with Crippen LogP contribution < -0.4 is 4.90 Å². The molecule has 0 aliphatic carbocycles. The van der Waals surface area contributed by atoms with Crippen molar-refractivity contribution in [2.45, 2.75) is 0 Å². The monoisotopic (exact) mass is 346 g/mol. The van der Waals surface area contributed by atoms with Crippen LogP contribution in [0.5, 0.6) is 0 Å². The van der Waals surface area contributed by atoms with E-state index in [1.165, 1.54) is 8.27 Å². The van der Waals surface area contributed by atoms with Crippen molar-refractivity contribution in [3.63, 3.8) is 0 Å². The van der Waals surface area contributed by atoms with E-state index in [0.29, 0.717) is 0 Å². The first-order valence-electron chi connectivity index (χ1n) is 5.22. The lowest BCUT2D eigenvalue weighted by Gasteiger charge is -2.25.